The highest BCUT2D eigenvalue weighted by Crippen LogP contribution is 2.11. The van der Waals surface area contributed by atoms with Gasteiger partial charge in [0.1, 0.15) is 0 Å². The second-order valence-corrected chi connectivity index (χ2v) is 4.06. The summed E-state index contributed by atoms with van der Waals surface area (Å²) in [5.41, 5.74) is 7.24. The summed E-state index contributed by atoms with van der Waals surface area (Å²) in [7, 11) is 0. The summed E-state index contributed by atoms with van der Waals surface area (Å²) in [6, 6.07) is 7.41. The van der Waals surface area contributed by atoms with E-state index in [-0.39, 0.29) is 5.91 Å². The molecule has 86 valence electrons. The van der Waals surface area contributed by atoms with E-state index < -0.39 is 0 Å². The Bertz CT molecular complexity index is 355. The van der Waals surface area contributed by atoms with Gasteiger partial charge in [-0.15, -0.1) is 0 Å². The third-order valence-electron chi connectivity index (χ3n) is 2.81. The number of hydrogen-bond acceptors (Lipinski definition) is 3. The van der Waals surface area contributed by atoms with E-state index in [4.69, 9.17) is 5.73 Å². The zero-order chi connectivity index (χ0) is 11.4. The van der Waals surface area contributed by atoms with Gasteiger partial charge >= 0.3 is 0 Å². The van der Waals surface area contributed by atoms with Crippen molar-refractivity contribution in [2.45, 2.75) is 12.8 Å². The number of carbonyl (C=O) groups excluding carboxylic acids is 1. The second-order valence-electron chi connectivity index (χ2n) is 4.06. The number of nitrogens with one attached hydrogen (secondary N) is 1. The number of hydrogen-bond donors (Lipinski definition) is 2. The molecule has 0 aliphatic carbocycles. The molecule has 0 aromatic heterocycles. The summed E-state index contributed by atoms with van der Waals surface area (Å²) in [6.45, 7) is 2.18. The standard InChI is InChI=1S/C12H17N3O/c13-10-3-5-11(6-4-10)14-9-12(16)15-7-1-2-8-15/h3-6,14H,1-2,7-9,13H2. The summed E-state index contributed by atoms with van der Waals surface area (Å²) >= 11 is 0. The number of amides is 1. The van der Waals surface area contributed by atoms with E-state index in [0.717, 1.165) is 37.3 Å². The Morgan fingerprint density at radius 2 is 1.88 bits per heavy atom. The van der Waals surface area contributed by atoms with Crippen molar-refractivity contribution in [3.05, 3.63) is 24.3 Å². The Labute approximate surface area is 95.4 Å². The Balaban J connectivity index is 1.82. The summed E-state index contributed by atoms with van der Waals surface area (Å²) in [4.78, 5) is 13.6. The number of nitrogens with two attached hydrogens (primary N) is 1. The predicted octanol–water partition coefficient (Wildman–Crippen LogP) is 1.30. The first kappa shape index (κ1) is 10.8. The van der Waals surface area contributed by atoms with Crippen LogP contribution in [0, 0.1) is 0 Å². The first-order chi connectivity index (χ1) is 7.75. The number of nitrogens with zero attached hydrogens (tertiary/aromatic N) is 1. The minimum Gasteiger partial charge on any atom is -0.399 e. The molecule has 16 heavy (non-hydrogen) atoms. The van der Waals surface area contributed by atoms with Gasteiger partial charge < -0.3 is 16.0 Å². The van der Waals surface area contributed by atoms with Crippen LogP contribution in [-0.4, -0.2) is 30.4 Å². The van der Waals surface area contributed by atoms with Crippen molar-refractivity contribution < 1.29 is 4.79 Å². The molecule has 0 radical (unpaired) electrons. The van der Waals surface area contributed by atoms with Crippen LogP contribution in [0.3, 0.4) is 0 Å². The maximum atomic E-state index is 11.7. The fraction of sp³-hybridized carbons (Fsp3) is 0.417. The Kier molecular flexibility index (Phi) is 3.29. The first-order valence-corrected chi connectivity index (χ1v) is 5.63. The molecule has 1 aromatic rings. The topological polar surface area (TPSA) is 58.4 Å². The normalized spacial score (nSPS) is 15.1. The van der Waals surface area contributed by atoms with Gasteiger partial charge in [-0.2, -0.15) is 0 Å². The molecule has 1 aromatic carbocycles. The van der Waals surface area contributed by atoms with Crippen LogP contribution in [0.2, 0.25) is 0 Å². The van der Waals surface area contributed by atoms with Crippen molar-refractivity contribution in [3.8, 4) is 0 Å². The van der Waals surface area contributed by atoms with Crippen molar-refractivity contribution in [2.75, 3.05) is 30.7 Å². The minimum absolute atomic E-state index is 0.175. The van der Waals surface area contributed by atoms with Gasteiger partial charge in [0.15, 0.2) is 0 Å². The third-order valence-corrected chi connectivity index (χ3v) is 2.81. The Morgan fingerprint density at radius 1 is 1.25 bits per heavy atom. The smallest absolute Gasteiger partial charge is 0.241 e. The molecular weight excluding hydrogens is 202 g/mol. The molecule has 2 rings (SSSR count). The molecule has 0 unspecified atom stereocenters. The minimum atomic E-state index is 0.175. The van der Waals surface area contributed by atoms with E-state index in [1.807, 2.05) is 29.2 Å². The number of rotatable bonds is 3. The predicted molar refractivity (Wildman–Crippen MR) is 65.2 cm³/mol. The zero-order valence-corrected chi connectivity index (χ0v) is 9.28. The van der Waals surface area contributed by atoms with Crippen LogP contribution in [0.5, 0.6) is 0 Å². The highest BCUT2D eigenvalue weighted by molar-refractivity contribution is 5.81. The average Bonchev–Trinajstić information content (AvgIpc) is 2.81. The van der Waals surface area contributed by atoms with Crippen molar-refractivity contribution in [1.82, 2.24) is 4.90 Å². The van der Waals surface area contributed by atoms with Crippen molar-refractivity contribution in [3.63, 3.8) is 0 Å². The van der Waals surface area contributed by atoms with E-state index >= 15 is 0 Å². The van der Waals surface area contributed by atoms with Crippen LogP contribution in [0.15, 0.2) is 24.3 Å². The number of benzene rings is 1. The molecule has 1 aliphatic heterocycles. The van der Waals surface area contributed by atoms with Crippen molar-refractivity contribution in [2.24, 2.45) is 0 Å². The molecular formula is C12H17N3O. The average molecular weight is 219 g/mol. The number of likely N-dealkylation sites (tertiary alicyclic amines) is 1. The second kappa shape index (κ2) is 4.88. The fourth-order valence-corrected chi connectivity index (χ4v) is 1.86. The lowest BCUT2D eigenvalue weighted by Crippen LogP contribution is -2.32. The lowest BCUT2D eigenvalue weighted by Gasteiger charge is -2.15. The van der Waals surface area contributed by atoms with E-state index in [9.17, 15) is 4.79 Å². The molecule has 0 saturated carbocycles. The van der Waals surface area contributed by atoms with Crippen LogP contribution in [0.1, 0.15) is 12.8 Å². The van der Waals surface area contributed by atoms with Gasteiger partial charge in [0, 0.05) is 24.5 Å². The van der Waals surface area contributed by atoms with Gasteiger partial charge in [0.2, 0.25) is 5.91 Å². The molecule has 3 N–H and O–H groups in total. The summed E-state index contributed by atoms with van der Waals surface area (Å²) in [5.74, 6) is 0.175. The molecule has 1 heterocycles. The number of nitrogen functional groups attached to an aromatic ring is 1. The molecule has 1 saturated heterocycles. The summed E-state index contributed by atoms with van der Waals surface area (Å²) in [5, 5.41) is 3.10. The summed E-state index contributed by atoms with van der Waals surface area (Å²) < 4.78 is 0. The maximum absolute atomic E-state index is 11.7. The first-order valence-electron chi connectivity index (χ1n) is 5.63. The highest BCUT2D eigenvalue weighted by atomic mass is 16.2. The van der Waals surface area contributed by atoms with Crippen LogP contribution in [-0.2, 0) is 4.79 Å². The molecule has 4 nitrogen and oxygen atoms in total. The lowest BCUT2D eigenvalue weighted by atomic mass is 10.3. The van der Waals surface area contributed by atoms with E-state index in [1.54, 1.807) is 0 Å². The van der Waals surface area contributed by atoms with Crippen molar-refractivity contribution in [1.29, 1.82) is 0 Å². The van der Waals surface area contributed by atoms with E-state index in [0.29, 0.717) is 6.54 Å². The van der Waals surface area contributed by atoms with E-state index in [2.05, 4.69) is 5.32 Å². The van der Waals surface area contributed by atoms with Gasteiger partial charge in [-0.05, 0) is 37.1 Å². The van der Waals surface area contributed by atoms with E-state index in [1.165, 1.54) is 0 Å². The molecule has 1 fully saturated rings. The lowest BCUT2D eigenvalue weighted by molar-refractivity contribution is -0.128. The third kappa shape index (κ3) is 2.66. The monoisotopic (exact) mass is 219 g/mol. The van der Waals surface area contributed by atoms with Gasteiger partial charge in [-0.25, -0.2) is 0 Å². The Hall–Kier alpha value is -1.71. The van der Waals surface area contributed by atoms with Crippen LogP contribution in [0.25, 0.3) is 0 Å². The number of carbonyl (C=O) groups is 1. The largest absolute Gasteiger partial charge is 0.399 e. The van der Waals surface area contributed by atoms with Gasteiger partial charge in [0.05, 0.1) is 6.54 Å². The molecule has 0 spiro atoms. The SMILES string of the molecule is Nc1ccc(NCC(=O)N2CCCC2)cc1. The van der Waals surface area contributed by atoms with Gasteiger partial charge in [-0.3, -0.25) is 4.79 Å². The molecule has 0 bridgehead atoms. The van der Waals surface area contributed by atoms with Gasteiger partial charge in [0.25, 0.3) is 0 Å². The quantitative estimate of drug-likeness (QED) is 0.753. The fourth-order valence-electron chi connectivity index (χ4n) is 1.86. The number of anilines is 2. The zero-order valence-electron chi connectivity index (χ0n) is 9.28. The van der Waals surface area contributed by atoms with Crippen LogP contribution >= 0.6 is 0 Å². The molecule has 1 amide bonds. The van der Waals surface area contributed by atoms with Crippen LogP contribution in [0.4, 0.5) is 11.4 Å². The maximum Gasteiger partial charge on any atom is 0.241 e. The molecule has 1 aliphatic rings. The summed E-state index contributed by atoms with van der Waals surface area (Å²) in [6.07, 6.45) is 2.27. The Morgan fingerprint density at radius 3 is 2.50 bits per heavy atom. The van der Waals surface area contributed by atoms with Crippen LogP contribution < -0.4 is 11.1 Å². The van der Waals surface area contributed by atoms with Crippen molar-refractivity contribution >= 4 is 17.3 Å². The molecule has 4 heteroatoms. The van der Waals surface area contributed by atoms with Gasteiger partial charge in [-0.1, -0.05) is 0 Å². The highest BCUT2D eigenvalue weighted by Gasteiger charge is 2.16. The molecule has 0 atom stereocenters.